The molecular formula is C25H22N2. The Morgan fingerprint density at radius 3 is 2.19 bits per heavy atom. The summed E-state index contributed by atoms with van der Waals surface area (Å²) >= 11 is 0. The van der Waals surface area contributed by atoms with Crippen molar-refractivity contribution in [3.05, 3.63) is 106 Å². The number of allylic oxidation sites excluding steroid dienone is 1. The van der Waals surface area contributed by atoms with E-state index in [0.717, 1.165) is 10.8 Å². The van der Waals surface area contributed by atoms with E-state index in [1.54, 1.807) is 0 Å². The van der Waals surface area contributed by atoms with Crippen LogP contribution in [0.25, 0.3) is 17.7 Å². The predicted molar refractivity (Wildman–Crippen MR) is 116 cm³/mol. The average Bonchev–Trinajstić information content (AvgIpc) is 2.69. The van der Waals surface area contributed by atoms with Crippen molar-refractivity contribution in [2.45, 2.75) is 0 Å². The average molecular weight is 350 g/mol. The number of hydrogen-bond donors (Lipinski definition) is 1. The summed E-state index contributed by atoms with van der Waals surface area (Å²) < 4.78 is 0. The van der Waals surface area contributed by atoms with E-state index in [9.17, 15) is 0 Å². The molecule has 0 aromatic heterocycles. The smallest absolute Gasteiger partial charge is 0.0546 e. The van der Waals surface area contributed by atoms with Crippen molar-refractivity contribution in [3.8, 4) is 0 Å². The van der Waals surface area contributed by atoms with E-state index in [1.165, 1.54) is 27.6 Å². The normalized spacial score (nSPS) is 13.6. The van der Waals surface area contributed by atoms with Crippen molar-refractivity contribution in [2.24, 2.45) is 0 Å². The van der Waals surface area contributed by atoms with Crippen LogP contribution in [0.15, 0.2) is 78.9 Å². The molecular weight excluding hydrogens is 328 g/mol. The standard InChI is InChI=1S/C25H22N2/c1-27(2)24-14-11-19(12-15-24)25(18-6-4-3-5-7-18)22-9-8-21-17-23(26)13-10-20(21)16-22/h3-17,26H,1-2H3/b25-22-,26-23?. The van der Waals surface area contributed by atoms with E-state index < -0.39 is 0 Å². The van der Waals surface area contributed by atoms with Gasteiger partial charge >= 0.3 is 0 Å². The fourth-order valence-corrected chi connectivity index (χ4v) is 3.43. The number of fused-ring (bicyclic) bond motifs is 1. The third kappa shape index (κ3) is 3.47. The lowest BCUT2D eigenvalue weighted by Crippen LogP contribution is -2.18. The van der Waals surface area contributed by atoms with E-state index in [2.05, 4.69) is 85.7 Å². The molecule has 2 nitrogen and oxygen atoms in total. The number of nitrogens with one attached hydrogen (secondary N) is 1. The fraction of sp³-hybridized carbons (Fsp3) is 0.0800. The Morgan fingerprint density at radius 2 is 1.48 bits per heavy atom. The summed E-state index contributed by atoms with van der Waals surface area (Å²) in [5.74, 6) is 0. The van der Waals surface area contributed by atoms with Gasteiger partial charge in [0.05, 0.1) is 5.71 Å². The summed E-state index contributed by atoms with van der Waals surface area (Å²) in [6.45, 7) is 0. The van der Waals surface area contributed by atoms with Gasteiger partial charge in [-0.15, -0.1) is 0 Å². The molecule has 0 amide bonds. The highest BCUT2D eigenvalue weighted by Crippen LogP contribution is 2.23. The molecule has 4 rings (SSSR count). The first-order valence-corrected chi connectivity index (χ1v) is 9.08. The summed E-state index contributed by atoms with van der Waals surface area (Å²) in [5.41, 5.74) is 6.50. The van der Waals surface area contributed by atoms with Crippen LogP contribution >= 0.6 is 0 Å². The van der Waals surface area contributed by atoms with Crippen molar-refractivity contribution >= 4 is 29.1 Å². The van der Waals surface area contributed by atoms with Crippen LogP contribution in [0.5, 0.6) is 0 Å². The van der Waals surface area contributed by atoms with Crippen molar-refractivity contribution < 1.29 is 0 Å². The van der Waals surface area contributed by atoms with E-state index in [1.807, 2.05) is 24.3 Å². The van der Waals surface area contributed by atoms with E-state index >= 15 is 0 Å². The zero-order chi connectivity index (χ0) is 18.8. The molecule has 3 aromatic carbocycles. The molecule has 0 saturated heterocycles. The summed E-state index contributed by atoms with van der Waals surface area (Å²) in [7, 11) is 4.11. The van der Waals surface area contributed by atoms with Crippen LogP contribution in [0.2, 0.25) is 0 Å². The molecule has 0 unspecified atom stereocenters. The summed E-state index contributed by atoms with van der Waals surface area (Å²) in [6, 6.07) is 25.7. The van der Waals surface area contributed by atoms with Gasteiger partial charge in [0.2, 0.25) is 0 Å². The summed E-state index contributed by atoms with van der Waals surface area (Å²) in [6.07, 6.45) is 5.78. The number of benzene rings is 3. The fourth-order valence-electron chi connectivity index (χ4n) is 3.43. The quantitative estimate of drug-likeness (QED) is 0.764. The lowest BCUT2D eigenvalue weighted by molar-refractivity contribution is 1.13. The highest BCUT2D eigenvalue weighted by Gasteiger charge is 2.08. The van der Waals surface area contributed by atoms with E-state index in [4.69, 9.17) is 5.41 Å². The van der Waals surface area contributed by atoms with Crippen LogP contribution in [0.3, 0.4) is 0 Å². The molecule has 0 heterocycles. The number of nitrogens with zero attached hydrogens (tertiary/aromatic N) is 1. The van der Waals surface area contributed by atoms with Crippen molar-refractivity contribution in [3.63, 3.8) is 0 Å². The van der Waals surface area contributed by atoms with E-state index in [0.29, 0.717) is 5.71 Å². The van der Waals surface area contributed by atoms with Crippen LogP contribution in [-0.2, 0) is 0 Å². The largest absolute Gasteiger partial charge is 0.378 e. The van der Waals surface area contributed by atoms with Crippen LogP contribution in [0.4, 0.5) is 5.69 Å². The Kier molecular flexibility index (Phi) is 4.47. The molecule has 1 aliphatic carbocycles. The number of rotatable bonds is 3. The van der Waals surface area contributed by atoms with Gasteiger partial charge in [-0.2, -0.15) is 0 Å². The molecule has 0 radical (unpaired) electrons. The molecule has 0 spiro atoms. The lowest BCUT2D eigenvalue weighted by atomic mass is 9.93. The zero-order valence-corrected chi connectivity index (χ0v) is 15.6. The minimum Gasteiger partial charge on any atom is -0.378 e. The molecule has 0 fully saturated rings. The molecule has 0 aliphatic heterocycles. The van der Waals surface area contributed by atoms with Crippen LogP contribution in [0, 0.1) is 5.41 Å². The third-order valence-corrected chi connectivity index (χ3v) is 4.86. The maximum atomic E-state index is 7.83. The van der Waals surface area contributed by atoms with Crippen molar-refractivity contribution in [1.29, 1.82) is 5.41 Å². The molecule has 2 heteroatoms. The van der Waals surface area contributed by atoms with E-state index in [-0.39, 0.29) is 0 Å². The second kappa shape index (κ2) is 7.08. The summed E-state index contributed by atoms with van der Waals surface area (Å²) in [4.78, 5) is 2.11. The minimum absolute atomic E-state index is 0.543. The molecule has 0 atom stereocenters. The Hall–Kier alpha value is -3.39. The Morgan fingerprint density at radius 1 is 0.778 bits per heavy atom. The molecule has 3 aromatic rings. The Bertz CT molecular complexity index is 1140. The first-order chi connectivity index (χ1) is 13.1. The summed E-state index contributed by atoms with van der Waals surface area (Å²) in [5, 5.41) is 10.1. The molecule has 1 N–H and O–H groups in total. The highest BCUT2D eigenvalue weighted by atomic mass is 15.1. The monoisotopic (exact) mass is 350 g/mol. The molecule has 0 bridgehead atoms. The lowest BCUT2D eigenvalue weighted by Gasteiger charge is -2.15. The second-order valence-electron chi connectivity index (χ2n) is 6.96. The molecule has 1 aliphatic rings. The van der Waals surface area contributed by atoms with Gasteiger partial charge in [0.25, 0.3) is 0 Å². The third-order valence-electron chi connectivity index (χ3n) is 4.86. The van der Waals surface area contributed by atoms with Gasteiger partial charge in [-0.3, -0.25) is 0 Å². The Labute approximate surface area is 159 Å². The Balaban J connectivity index is 1.97. The number of hydrogen-bond acceptors (Lipinski definition) is 2. The first kappa shape index (κ1) is 17.0. The second-order valence-corrected chi connectivity index (χ2v) is 6.96. The topological polar surface area (TPSA) is 27.1 Å². The van der Waals surface area contributed by atoms with Gasteiger partial charge in [-0.1, -0.05) is 60.7 Å². The zero-order valence-electron chi connectivity index (χ0n) is 15.6. The first-order valence-electron chi connectivity index (χ1n) is 9.08. The minimum atomic E-state index is 0.543. The molecule has 27 heavy (non-hydrogen) atoms. The van der Waals surface area contributed by atoms with Crippen molar-refractivity contribution in [2.75, 3.05) is 19.0 Å². The van der Waals surface area contributed by atoms with Gasteiger partial charge in [-0.25, -0.2) is 0 Å². The van der Waals surface area contributed by atoms with Gasteiger partial charge < -0.3 is 10.3 Å². The van der Waals surface area contributed by atoms with Crippen molar-refractivity contribution in [1.82, 2.24) is 0 Å². The van der Waals surface area contributed by atoms with Crippen LogP contribution < -0.4 is 15.3 Å². The SMILES string of the molecule is CN(C)c1ccc(/C(c2ccccc2)=c2/ccc3c(c2)C=CC(=N)C=3)cc1. The van der Waals surface area contributed by atoms with Gasteiger partial charge in [0.15, 0.2) is 0 Å². The molecule has 0 saturated carbocycles. The molecule has 132 valence electrons. The van der Waals surface area contributed by atoms with Gasteiger partial charge in [0.1, 0.15) is 0 Å². The van der Waals surface area contributed by atoms with Gasteiger partial charge in [-0.05, 0) is 63.1 Å². The van der Waals surface area contributed by atoms with Crippen LogP contribution in [0.1, 0.15) is 16.7 Å². The maximum Gasteiger partial charge on any atom is 0.0546 e. The van der Waals surface area contributed by atoms with Gasteiger partial charge in [0, 0.05) is 19.8 Å². The predicted octanol–water partition coefficient (Wildman–Crippen LogP) is 3.83. The maximum absolute atomic E-state index is 7.83. The highest BCUT2D eigenvalue weighted by molar-refractivity contribution is 6.18. The van der Waals surface area contributed by atoms with Crippen LogP contribution in [-0.4, -0.2) is 19.8 Å². The number of anilines is 1.